The van der Waals surface area contributed by atoms with Gasteiger partial charge in [0.2, 0.25) is 0 Å². The largest absolute Gasteiger partial charge is 1.00 e. The van der Waals surface area contributed by atoms with E-state index in [-0.39, 0.29) is 17.0 Å². The van der Waals surface area contributed by atoms with Gasteiger partial charge in [0.05, 0.1) is 26.7 Å². The Balaban J connectivity index is 0. The summed E-state index contributed by atoms with van der Waals surface area (Å²) in [5, 5.41) is 0. The smallest absolute Gasteiger partial charge is 0.0794 e. The van der Waals surface area contributed by atoms with Crippen molar-refractivity contribution >= 4 is 22.6 Å². The van der Waals surface area contributed by atoms with E-state index in [1.165, 1.54) is 108 Å². The highest BCUT2D eigenvalue weighted by atomic mass is 127. The van der Waals surface area contributed by atoms with Crippen LogP contribution in [-0.2, 0) is 0 Å². The fourth-order valence-corrected chi connectivity index (χ4v) is 3.65. The van der Waals surface area contributed by atoms with Gasteiger partial charge in [-0.05, 0) is 25.7 Å². The van der Waals surface area contributed by atoms with Crippen molar-refractivity contribution in [2.45, 2.75) is 108 Å². The van der Waals surface area contributed by atoms with E-state index in [9.17, 15) is 0 Å². The van der Waals surface area contributed by atoms with Gasteiger partial charge in [0.15, 0.2) is 0 Å². The van der Waals surface area contributed by atoms with Gasteiger partial charge in [0.1, 0.15) is 0 Å². The van der Waals surface area contributed by atoms with Gasteiger partial charge in [-0.2, -0.15) is 0 Å². The molecule has 0 radical (unpaired) electrons. The molecule has 0 aromatic rings. The zero-order valence-corrected chi connectivity index (χ0v) is 20.8. The molecule has 24 heavy (non-hydrogen) atoms. The topological polar surface area (TPSA) is 0 Å². The Hall–Kier alpha value is 1.17. The molecular formula is C21H45BrIN. The number of hydrogen-bond donors (Lipinski definition) is 0. The fraction of sp³-hybridized carbons (Fsp3) is 1.00. The van der Waals surface area contributed by atoms with E-state index in [1.54, 1.807) is 0 Å². The molecule has 0 aromatic heterocycles. The Morgan fingerprint density at radius 1 is 0.667 bits per heavy atom. The maximum atomic E-state index is 2.59. The lowest BCUT2D eigenvalue weighted by molar-refractivity contribution is -0.910. The number of rotatable bonds is 17. The van der Waals surface area contributed by atoms with Crippen LogP contribution >= 0.6 is 22.6 Å². The number of halogens is 2. The number of hydrogen-bond acceptors (Lipinski definition) is 0. The molecule has 0 fully saturated rings. The zero-order chi connectivity index (χ0) is 17.4. The van der Waals surface area contributed by atoms with E-state index in [4.69, 9.17) is 0 Å². The maximum Gasteiger partial charge on any atom is 0.0794 e. The van der Waals surface area contributed by atoms with Crippen LogP contribution < -0.4 is 17.0 Å². The van der Waals surface area contributed by atoms with Crippen molar-refractivity contribution in [1.29, 1.82) is 0 Å². The predicted octanol–water partition coefficient (Wildman–Crippen LogP) is 4.37. The van der Waals surface area contributed by atoms with Gasteiger partial charge in [-0.3, -0.25) is 0 Å². The standard InChI is InChI=1S/C21H45IN.BrH/c1-5-7-9-11-13-15-18-23(4,20-17-21(3)22)19-16-14-12-10-8-6-2;/h21H,5-20H2,1-4H3;1H/q+1;/p-1. The van der Waals surface area contributed by atoms with Gasteiger partial charge < -0.3 is 21.5 Å². The van der Waals surface area contributed by atoms with Crippen LogP contribution in [0, 0.1) is 0 Å². The summed E-state index contributed by atoms with van der Waals surface area (Å²) in [6.45, 7) is 11.2. The summed E-state index contributed by atoms with van der Waals surface area (Å²) < 4.78 is 2.15. The quantitative estimate of drug-likeness (QED) is 0.116. The van der Waals surface area contributed by atoms with E-state index >= 15 is 0 Å². The molecule has 0 saturated heterocycles. The van der Waals surface area contributed by atoms with Crippen LogP contribution in [0.3, 0.4) is 0 Å². The lowest BCUT2D eigenvalue weighted by atomic mass is 10.1. The summed E-state index contributed by atoms with van der Waals surface area (Å²) in [5.41, 5.74) is 0. The number of nitrogens with zero attached hydrogens (tertiary/aromatic N) is 1. The summed E-state index contributed by atoms with van der Waals surface area (Å²) in [4.78, 5) is 0. The van der Waals surface area contributed by atoms with Crippen molar-refractivity contribution in [3.05, 3.63) is 0 Å². The molecule has 1 unspecified atom stereocenters. The number of quaternary nitrogens is 1. The average molecular weight is 518 g/mol. The first-order valence-corrected chi connectivity index (χ1v) is 11.8. The molecule has 0 aliphatic carbocycles. The molecule has 148 valence electrons. The SMILES string of the molecule is CCCCCCCC[N+](C)(CCCCCCCC)CCC(C)I.[Br-]. The van der Waals surface area contributed by atoms with Crippen molar-refractivity contribution in [2.24, 2.45) is 0 Å². The molecule has 1 nitrogen and oxygen atoms in total. The summed E-state index contributed by atoms with van der Waals surface area (Å²) in [7, 11) is 2.52. The number of unbranched alkanes of at least 4 members (excludes halogenated alkanes) is 10. The van der Waals surface area contributed by atoms with Crippen LogP contribution in [0.1, 0.15) is 104 Å². The minimum Gasteiger partial charge on any atom is -1.00 e. The third-order valence-corrected chi connectivity index (χ3v) is 5.79. The highest BCUT2D eigenvalue weighted by molar-refractivity contribution is 14.1. The Labute approximate surface area is 178 Å². The molecule has 0 aliphatic rings. The first-order chi connectivity index (χ1) is 11.0. The molecule has 0 heterocycles. The summed E-state index contributed by atoms with van der Waals surface area (Å²) in [6, 6.07) is 0. The van der Waals surface area contributed by atoms with Gasteiger partial charge in [0.25, 0.3) is 0 Å². The third-order valence-electron chi connectivity index (χ3n) is 5.17. The summed E-state index contributed by atoms with van der Waals surface area (Å²) in [5.74, 6) is 0. The second-order valence-electron chi connectivity index (χ2n) is 7.90. The first kappa shape index (κ1) is 27.4. The van der Waals surface area contributed by atoms with Gasteiger partial charge in [-0.15, -0.1) is 0 Å². The Morgan fingerprint density at radius 2 is 1.04 bits per heavy atom. The fourth-order valence-electron chi connectivity index (χ4n) is 3.37. The normalized spacial score (nSPS) is 12.9. The molecule has 0 bridgehead atoms. The van der Waals surface area contributed by atoms with Crippen LogP contribution in [0.25, 0.3) is 0 Å². The van der Waals surface area contributed by atoms with Gasteiger partial charge in [-0.1, -0.05) is 94.7 Å². The zero-order valence-electron chi connectivity index (χ0n) is 17.1. The van der Waals surface area contributed by atoms with Gasteiger partial charge >= 0.3 is 0 Å². The molecule has 1 atom stereocenters. The minimum atomic E-state index is 0. The van der Waals surface area contributed by atoms with Crippen LogP contribution in [0.2, 0.25) is 0 Å². The van der Waals surface area contributed by atoms with Crippen LogP contribution in [0.4, 0.5) is 0 Å². The monoisotopic (exact) mass is 517 g/mol. The molecule has 3 heteroatoms. The van der Waals surface area contributed by atoms with Crippen LogP contribution in [0.15, 0.2) is 0 Å². The van der Waals surface area contributed by atoms with E-state index < -0.39 is 0 Å². The van der Waals surface area contributed by atoms with Crippen molar-refractivity contribution in [3.63, 3.8) is 0 Å². The molecule has 0 N–H and O–H groups in total. The van der Waals surface area contributed by atoms with E-state index in [2.05, 4.69) is 50.4 Å². The Morgan fingerprint density at radius 3 is 1.42 bits per heavy atom. The van der Waals surface area contributed by atoms with Crippen LogP contribution in [-0.4, -0.2) is 35.1 Å². The maximum absolute atomic E-state index is 2.59. The van der Waals surface area contributed by atoms with Gasteiger partial charge in [-0.25, -0.2) is 0 Å². The average Bonchev–Trinajstić information content (AvgIpc) is 2.52. The van der Waals surface area contributed by atoms with Crippen molar-refractivity contribution in [1.82, 2.24) is 0 Å². The van der Waals surface area contributed by atoms with E-state index in [0.29, 0.717) is 0 Å². The summed E-state index contributed by atoms with van der Waals surface area (Å²) >= 11 is 2.59. The van der Waals surface area contributed by atoms with Crippen molar-refractivity contribution in [2.75, 3.05) is 26.7 Å². The van der Waals surface area contributed by atoms with Crippen LogP contribution in [0.5, 0.6) is 0 Å². The minimum absolute atomic E-state index is 0. The lowest BCUT2D eigenvalue weighted by Crippen LogP contribution is -3.00. The molecular weight excluding hydrogens is 473 g/mol. The molecule has 0 aromatic carbocycles. The molecule has 0 saturated carbocycles. The molecule has 0 amide bonds. The predicted molar refractivity (Wildman–Crippen MR) is 116 cm³/mol. The third kappa shape index (κ3) is 18.0. The van der Waals surface area contributed by atoms with E-state index in [0.717, 1.165) is 3.92 Å². The lowest BCUT2D eigenvalue weighted by Gasteiger charge is -2.35. The van der Waals surface area contributed by atoms with Crippen molar-refractivity contribution < 1.29 is 21.5 Å². The molecule has 0 spiro atoms. The highest BCUT2D eigenvalue weighted by Crippen LogP contribution is 2.16. The first-order valence-electron chi connectivity index (χ1n) is 10.5. The Kier molecular flexibility index (Phi) is 21.6. The summed E-state index contributed by atoms with van der Waals surface area (Å²) in [6.07, 6.45) is 18.5. The number of alkyl halides is 1. The highest BCUT2D eigenvalue weighted by Gasteiger charge is 2.21. The van der Waals surface area contributed by atoms with Crippen molar-refractivity contribution in [3.8, 4) is 0 Å². The second-order valence-corrected chi connectivity index (χ2v) is 10.0. The molecule has 0 rings (SSSR count). The Bertz CT molecular complexity index is 230. The van der Waals surface area contributed by atoms with Gasteiger partial charge in [0, 0.05) is 10.3 Å². The van der Waals surface area contributed by atoms with E-state index in [1.807, 2.05) is 0 Å². The molecule has 0 aliphatic heterocycles. The second kappa shape index (κ2) is 18.9.